The summed E-state index contributed by atoms with van der Waals surface area (Å²) in [6.45, 7) is 6.27. The number of carbonyl (C=O) groups excluding carboxylic acids is 1. The number of hydrogen-bond donors (Lipinski definition) is 0. The highest BCUT2D eigenvalue weighted by Gasteiger charge is 2.12. The Labute approximate surface area is 111 Å². The average molecular weight is 262 g/mol. The van der Waals surface area contributed by atoms with E-state index in [9.17, 15) is 4.79 Å². The Morgan fingerprint density at radius 3 is 2.83 bits per heavy atom. The third-order valence-electron chi connectivity index (χ3n) is 3.06. The van der Waals surface area contributed by atoms with Crippen LogP contribution in [0.15, 0.2) is 24.4 Å². The van der Waals surface area contributed by atoms with Crippen molar-refractivity contribution in [3.63, 3.8) is 0 Å². The van der Waals surface area contributed by atoms with E-state index in [2.05, 4.69) is 18.9 Å². The normalized spacial score (nSPS) is 12.6. The molecule has 0 aromatic carbocycles. The molecule has 0 bridgehead atoms. The van der Waals surface area contributed by atoms with Crippen LogP contribution in [0.4, 0.5) is 0 Å². The van der Waals surface area contributed by atoms with Gasteiger partial charge in [-0.05, 0) is 38.5 Å². The van der Waals surface area contributed by atoms with Gasteiger partial charge < -0.3 is 0 Å². The number of carbonyl (C=O) groups is 1. The van der Waals surface area contributed by atoms with Crippen LogP contribution >= 0.6 is 11.3 Å². The summed E-state index contributed by atoms with van der Waals surface area (Å²) >= 11 is 1.55. The molecule has 2 aromatic rings. The van der Waals surface area contributed by atoms with Crippen molar-refractivity contribution < 1.29 is 4.79 Å². The lowest BCUT2D eigenvalue weighted by Gasteiger charge is -2.07. The number of aryl methyl sites for hydroxylation is 1. The SMILES string of the molecule is CCC(C)n1ccc(CC(=O)c2ccc(C)s2)n1. The third-order valence-corrected chi connectivity index (χ3v) is 4.10. The molecule has 0 amide bonds. The van der Waals surface area contributed by atoms with Gasteiger partial charge in [-0.3, -0.25) is 9.48 Å². The standard InChI is InChI=1S/C14H18N2OS/c1-4-10(2)16-8-7-12(15-16)9-13(17)14-6-5-11(3)18-14/h5-8,10H,4,9H2,1-3H3. The third kappa shape index (κ3) is 2.88. The largest absolute Gasteiger partial charge is 0.293 e. The molecule has 18 heavy (non-hydrogen) atoms. The number of hydrogen-bond acceptors (Lipinski definition) is 3. The summed E-state index contributed by atoms with van der Waals surface area (Å²) in [4.78, 5) is 14.0. The monoisotopic (exact) mass is 262 g/mol. The van der Waals surface area contributed by atoms with Crippen molar-refractivity contribution in [3.05, 3.63) is 39.8 Å². The second-order valence-corrected chi connectivity index (χ2v) is 5.84. The molecule has 2 heterocycles. The lowest BCUT2D eigenvalue weighted by atomic mass is 10.2. The highest BCUT2D eigenvalue weighted by Crippen LogP contribution is 2.17. The van der Waals surface area contributed by atoms with Gasteiger partial charge in [0.1, 0.15) is 0 Å². The molecule has 3 nitrogen and oxygen atoms in total. The van der Waals surface area contributed by atoms with Crippen LogP contribution in [0, 0.1) is 6.92 Å². The van der Waals surface area contributed by atoms with Gasteiger partial charge in [-0.25, -0.2) is 0 Å². The molecule has 2 rings (SSSR count). The lowest BCUT2D eigenvalue weighted by Crippen LogP contribution is -2.07. The zero-order chi connectivity index (χ0) is 13.1. The van der Waals surface area contributed by atoms with Crippen LogP contribution in [-0.4, -0.2) is 15.6 Å². The van der Waals surface area contributed by atoms with Crippen LogP contribution in [0.2, 0.25) is 0 Å². The summed E-state index contributed by atoms with van der Waals surface area (Å²) in [5, 5.41) is 4.45. The Morgan fingerprint density at radius 2 is 2.22 bits per heavy atom. The van der Waals surface area contributed by atoms with Gasteiger partial charge in [0, 0.05) is 17.1 Å². The van der Waals surface area contributed by atoms with Gasteiger partial charge in [-0.2, -0.15) is 5.10 Å². The highest BCUT2D eigenvalue weighted by atomic mass is 32.1. The quantitative estimate of drug-likeness (QED) is 0.771. The van der Waals surface area contributed by atoms with Crippen molar-refractivity contribution in [1.29, 1.82) is 0 Å². The van der Waals surface area contributed by atoms with Crippen LogP contribution in [0.25, 0.3) is 0 Å². The van der Waals surface area contributed by atoms with Gasteiger partial charge in [0.15, 0.2) is 5.78 Å². The molecule has 0 N–H and O–H groups in total. The highest BCUT2D eigenvalue weighted by molar-refractivity contribution is 7.14. The number of Topliss-reactive ketones (excluding diaryl/α,β-unsaturated/α-hetero) is 1. The Bertz CT molecular complexity index is 541. The second kappa shape index (κ2) is 5.48. The van der Waals surface area contributed by atoms with Gasteiger partial charge in [0.2, 0.25) is 0 Å². The number of aromatic nitrogens is 2. The Kier molecular flexibility index (Phi) is 3.97. The van der Waals surface area contributed by atoms with Crippen molar-refractivity contribution in [2.24, 2.45) is 0 Å². The molecule has 0 spiro atoms. The van der Waals surface area contributed by atoms with E-state index in [-0.39, 0.29) is 5.78 Å². The molecule has 2 aromatic heterocycles. The van der Waals surface area contributed by atoms with Crippen molar-refractivity contribution >= 4 is 17.1 Å². The molecular formula is C14H18N2OS. The minimum Gasteiger partial charge on any atom is -0.293 e. The molecule has 0 radical (unpaired) electrons. The van der Waals surface area contributed by atoms with Crippen LogP contribution in [0.3, 0.4) is 0 Å². The molecule has 0 saturated heterocycles. The predicted molar refractivity (Wildman–Crippen MR) is 74.3 cm³/mol. The lowest BCUT2D eigenvalue weighted by molar-refractivity contribution is 0.0995. The Morgan fingerprint density at radius 1 is 1.44 bits per heavy atom. The van der Waals surface area contributed by atoms with E-state index >= 15 is 0 Å². The fourth-order valence-electron chi connectivity index (χ4n) is 1.74. The summed E-state index contributed by atoms with van der Waals surface area (Å²) < 4.78 is 1.93. The van der Waals surface area contributed by atoms with Crippen molar-refractivity contribution in [1.82, 2.24) is 9.78 Å². The van der Waals surface area contributed by atoms with Crippen LogP contribution in [-0.2, 0) is 6.42 Å². The summed E-state index contributed by atoms with van der Waals surface area (Å²) in [7, 11) is 0. The molecule has 0 aliphatic heterocycles. The first kappa shape index (κ1) is 13.0. The summed E-state index contributed by atoms with van der Waals surface area (Å²) in [5.41, 5.74) is 0.853. The molecule has 0 aliphatic carbocycles. The number of ketones is 1. The summed E-state index contributed by atoms with van der Waals surface area (Å²) in [6.07, 6.45) is 3.39. The van der Waals surface area contributed by atoms with Crippen LogP contribution < -0.4 is 0 Å². The molecule has 4 heteroatoms. The van der Waals surface area contributed by atoms with Crippen molar-refractivity contribution in [2.75, 3.05) is 0 Å². The van der Waals surface area contributed by atoms with Gasteiger partial charge in [-0.1, -0.05) is 6.92 Å². The van der Waals surface area contributed by atoms with E-state index in [1.165, 1.54) is 4.88 Å². The number of rotatable bonds is 5. The van der Waals surface area contributed by atoms with E-state index in [1.54, 1.807) is 11.3 Å². The molecular weight excluding hydrogens is 244 g/mol. The van der Waals surface area contributed by atoms with Crippen LogP contribution in [0.1, 0.15) is 46.6 Å². The maximum Gasteiger partial charge on any atom is 0.178 e. The summed E-state index contributed by atoms with van der Waals surface area (Å²) in [5.74, 6) is 0.155. The molecule has 0 aliphatic rings. The second-order valence-electron chi connectivity index (χ2n) is 4.55. The van der Waals surface area contributed by atoms with Gasteiger partial charge >= 0.3 is 0 Å². The molecule has 0 fully saturated rings. The molecule has 0 saturated carbocycles. The Balaban J connectivity index is 2.05. The number of thiophene rings is 1. The van der Waals surface area contributed by atoms with Crippen LogP contribution in [0.5, 0.6) is 0 Å². The van der Waals surface area contributed by atoms with Crippen molar-refractivity contribution in [2.45, 2.75) is 39.7 Å². The summed E-state index contributed by atoms with van der Waals surface area (Å²) in [6, 6.07) is 6.20. The van der Waals surface area contributed by atoms with E-state index in [0.29, 0.717) is 12.5 Å². The van der Waals surface area contributed by atoms with E-state index in [0.717, 1.165) is 17.0 Å². The van der Waals surface area contributed by atoms with E-state index in [4.69, 9.17) is 0 Å². The van der Waals surface area contributed by atoms with Crippen molar-refractivity contribution in [3.8, 4) is 0 Å². The minimum absolute atomic E-state index is 0.155. The van der Waals surface area contributed by atoms with Gasteiger partial charge in [-0.15, -0.1) is 11.3 Å². The molecule has 1 unspecified atom stereocenters. The smallest absolute Gasteiger partial charge is 0.178 e. The van der Waals surface area contributed by atoms with Gasteiger partial charge in [0.05, 0.1) is 17.0 Å². The molecule has 96 valence electrons. The zero-order valence-corrected chi connectivity index (χ0v) is 11.8. The maximum atomic E-state index is 12.0. The zero-order valence-electron chi connectivity index (χ0n) is 11.0. The average Bonchev–Trinajstić information content (AvgIpc) is 2.97. The maximum absolute atomic E-state index is 12.0. The fraction of sp³-hybridized carbons (Fsp3) is 0.429. The number of nitrogens with zero attached hydrogens (tertiary/aromatic N) is 2. The first-order valence-corrected chi connectivity index (χ1v) is 7.05. The molecule has 1 atom stereocenters. The predicted octanol–water partition coefficient (Wildman–Crippen LogP) is 3.65. The van der Waals surface area contributed by atoms with Gasteiger partial charge in [0.25, 0.3) is 0 Å². The first-order valence-electron chi connectivity index (χ1n) is 6.23. The minimum atomic E-state index is 0.155. The van der Waals surface area contributed by atoms with E-state index in [1.807, 2.05) is 36.0 Å². The van der Waals surface area contributed by atoms with E-state index < -0.39 is 0 Å². The fourth-order valence-corrected chi connectivity index (χ4v) is 2.55. The Hall–Kier alpha value is -1.42. The topological polar surface area (TPSA) is 34.9 Å². The first-order chi connectivity index (χ1) is 8.60.